The van der Waals surface area contributed by atoms with Crippen molar-refractivity contribution in [3.63, 3.8) is 0 Å². The first-order valence-corrected chi connectivity index (χ1v) is 5.99. The zero-order chi connectivity index (χ0) is 13.7. The lowest BCUT2D eigenvalue weighted by atomic mass is 10.0. The van der Waals surface area contributed by atoms with Crippen LogP contribution in [0.25, 0.3) is 0 Å². The van der Waals surface area contributed by atoms with Crippen molar-refractivity contribution in [2.24, 2.45) is 5.92 Å². The Morgan fingerprint density at radius 2 is 1.94 bits per heavy atom. The summed E-state index contributed by atoms with van der Waals surface area (Å²) < 4.78 is 0. The smallest absolute Gasteiger partial charge is 0.316 e. The normalized spacial score (nSPS) is 11.9. The van der Waals surface area contributed by atoms with Gasteiger partial charge in [0.25, 0.3) is 0 Å². The van der Waals surface area contributed by atoms with E-state index in [-0.39, 0.29) is 5.91 Å². The van der Waals surface area contributed by atoms with Crippen LogP contribution in [0.3, 0.4) is 0 Å². The Morgan fingerprint density at radius 1 is 1.33 bits per heavy atom. The molecule has 0 aliphatic carbocycles. The van der Waals surface area contributed by atoms with Crippen molar-refractivity contribution in [3.8, 4) is 0 Å². The highest BCUT2D eigenvalue weighted by Crippen LogP contribution is 2.13. The summed E-state index contributed by atoms with van der Waals surface area (Å²) in [5.41, 5.74) is 2.13. The number of benzene rings is 1. The minimum atomic E-state index is -1.06. The number of hydrogen-bond donors (Lipinski definition) is 1. The van der Waals surface area contributed by atoms with E-state index < -0.39 is 11.9 Å². The third kappa shape index (κ3) is 3.32. The quantitative estimate of drug-likeness (QED) is 0.813. The first-order chi connectivity index (χ1) is 8.47. The fraction of sp³-hybridized carbons (Fsp3) is 0.429. The van der Waals surface area contributed by atoms with Gasteiger partial charge in [0.05, 0.1) is 0 Å². The third-order valence-electron chi connectivity index (χ3n) is 3.05. The Kier molecular flexibility index (Phi) is 4.89. The van der Waals surface area contributed by atoms with Gasteiger partial charge in [-0.2, -0.15) is 0 Å². The van der Waals surface area contributed by atoms with Crippen LogP contribution in [0.2, 0.25) is 0 Å². The molecule has 1 rings (SSSR count). The van der Waals surface area contributed by atoms with Crippen LogP contribution in [0.1, 0.15) is 24.5 Å². The van der Waals surface area contributed by atoms with E-state index in [0.717, 1.165) is 11.1 Å². The molecule has 0 aliphatic rings. The highest BCUT2D eigenvalue weighted by molar-refractivity contribution is 5.96. The van der Waals surface area contributed by atoms with E-state index in [2.05, 4.69) is 0 Å². The van der Waals surface area contributed by atoms with Crippen molar-refractivity contribution in [1.29, 1.82) is 0 Å². The second-order valence-corrected chi connectivity index (χ2v) is 4.42. The largest absolute Gasteiger partial charge is 0.481 e. The second kappa shape index (κ2) is 6.19. The standard InChI is InChI=1S/C14H19NO3/c1-4-12(14(17)18)13(16)15(3)9-11-8-6-5-7-10(11)2/h5-8,12H,4,9H2,1-3H3,(H,17,18). The number of carboxylic acid groups (broad SMARTS) is 1. The molecule has 4 heteroatoms. The van der Waals surface area contributed by atoms with Gasteiger partial charge in [-0.1, -0.05) is 31.2 Å². The fourth-order valence-electron chi connectivity index (χ4n) is 1.84. The maximum atomic E-state index is 12.0. The fourth-order valence-corrected chi connectivity index (χ4v) is 1.84. The molecule has 1 aromatic carbocycles. The number of carboxylic acids is 1. The minimum absolute atomic E-state index is 0.312. The van der Waals surface area contributed by atoms with Crippen molar-refractivity contribution >= 4 is 11.9 Å². The summed E-state index contributed by atoms with van der Waals surface area (Å²) in [7, 11) is 1.64. The van der Waals surface area contributed by atoms with Gasteiger partial charge in [-0.15, -0.1) is 0 Å². The number of amides is 1. The van der Waals surface area contributed by atoms with E-state index in [1.807, 2.05) is 31.2 Å². The molecule has 1 unspecified atom stereocenters. The van der Waals surface area contributed by atoms with Crippen LogP contribution in [-0.2, 0) is 16.1 Å². The van der Waals surface area contributed by atoms with Gasteiger partial charge in [-0.25, -0.2) is 0 Å². The Balaban J connectivity index is 2.77. The molecule has 0 bridgehead atoms. The average Bonchev–Trinajstić information content (AvgIpc) is 2.32. The molecular weight excluding hydrogens is 230 g/mol. The van der Waals surface area contributed by atoms with Gasteiger partial charge in [0.1, 0.15) is 5.92 Å². The van der Waals surface area contributed by atoms with Crippen LogP contribution in [0.4, 0.5) is 0 Å². The third-order valence-corrected chi connectivity index (χ3v) is 3.05. The number of nitrogens with zero attached hydrogens (tertiary/aromatic N) is 1. The molecule has 0 heterocycles. The van der Waals surface area contributed by atoms with E-state index in [9.17, 15) is 9.59 Å². The van der Waals surface area contributed by atoms with Gasteiger partial charge in [-0.05, 0) is 24.5 Å². The van der Waals surface area contributed by atoms with E-state index in [1.165, 1.54) is 4.90 Å². The Labute approximate surface area is 107 Å². The Morgan fingerprint density at radius 3 is 2.44 bits per heavy atom. The molecule has 0 fully saturated rings. The van der Waals surface area contributed by atoms with Gasteiger partial charge >= 0.3 is 5.97 Å². The summed E-state index contributed by atoms with van der Waals surface area (Å²) >= 11 is 0. The van der Waals surface area contributed by atoms with Crippen LogP contribution in [0.5, 0.6) is 0 Å². The van der Waals surface area contributed by atoms with Gasteiger partial charge in [0.15, 0.2) is 0 Å². The summed E-state index contributed by atoms with van der Waals surface area (Å²) in [6, 6.07) is 7.77. The monoisotopic (exact) mass is 249 g/mol. The first kappa shape index (κ1) is 14.2. The molecule has 18 heavy (non-hydrogen) atoms. The highest BCUT2D eigenvalue weighted by Gasteiger charge is 2.27. The topological polar surface area (TPSA) is 57.6 Å². The maximum absolute atomic E-state index is 12.0. The zero-order valence-corrected chi connectivity index (χ0v) is 11.0. The highest BCUT2D eigenvalue weighted by atomic mass is 16.4. The van der Waals surface area contributed by atoms with E-state index >= 15 is 0 Å². The van der Waals surface area contributed by atoms with Crippen molar-refractivity contribution in [3.05, 3.63) is 35.4 Å². The number of carbonyl (C=O) groups excluding carboxylic acids is 1. The summed E-state index contributed by atoms with van der Waals surface area (Å²) in [5.74, 6) is -2.34. The first-order valence-electron chi connectivity index (χ1n) is 5.99. The molecule has 1 aromatic rings. The Bertz CT molecular complexity index is 442. The van der Waals surface area contributed by atoms with Crippen molar-refractivity contribution in [2.45, 2.75) is 26.8 Å². The molecule has 0 saturated carbocycles. The van der Waals surface area contributed by atoms with E-state index in [4.69, 9.17) is 5.11 Å². The van der Waals surface area contributed by atoms with Gasteiger partial charge in [-0.3, -0.25) is 9.59 Å². The summed E-state index contributed by atoms with van der Waals surface area (Å²) in [4.78, 5) is 24.4. The maximum Gasteiger partial charge on any atom is 0.316 e. The van der Waals surface area contributed by atoms with Crippen LogP contribution < -0.4 is 0 Å². The molecule has 0 aromatic heterocycles. The molecule has 0 spiro atoms. The molecule has 0 radical (unpaired) electrons. The molecule has 1 atom stereocenters. The number of aliphatic carboxylic acids is 1. The number of rotatable bonds is 5. The van der Waals surface area contributed by atoms with Crippen LogP contribution >= 0.6 is 0 Å². The van der Waals surface area contributed by atoms with Crippen molar-refractivity contribution < 1.29 is 14.7 Å². The van der Waals surface area contributed by atoms with E-state index in [1.54, 1.807) is 14.0 Å². The predicted octanol–water partition coefficient (Wildman–Crippen LogP) is 2.06. The van der Waals surface area contributed by atoms with Crippen molar-refractivity contribution in [2.75, 3.05) is 7.05 Å². The van der Waals surface area contributed by atoms with Crippen LogP contribution in [0.15, 0.2) is 24.3 Å². The minimum Gasteiger partial charge on any atom is -0.481 e. The van der Waals surface area contributed by atoms with E-state index in [0.29, 0.717) is 13.0 Å². The summed E-state index contributed by atoms with van der Waals surface area (Å²) in [6.07, 6.45) is 0.312. The summed E-state index contributed by atoms with van der Waals surface area (Å²) in [5, 5.41) is 8.97. The molecule has 98 valence electrons. The SMILES string of the molecule is CCC(C(=O)O)C(=O)N(C)Cc1ccccc1C. The molecular formula is C14H19NO3. The average molecular weight is 249 g/mol. The van der Waals surface area contributed by atoms with Crippen molar-refractivity contribution in [1.82, 2.24) is 4.90 Å². The molecule has 1 N–H and O–H groups in total. The van der Waals surface area contributed by atoms with Gasteiger partial charge in [0.2, 0.25) is 5.91 Å². The number of aryl methyl sites for hydroxylation is 1. The lowest BCUT2D eigenvalue weighted by molar-refractivity contribution is -0.150. The Hall–Kier alpha value is -1.84. The van der Waals surface area contributed by atoms with Gasteiger partial charge in [0, 0.05) is 13.6 Å². The number of hydrogen-bond acceptors (Lipinski definition) is 2. The molecule has 0 saturated heterocycles. The van der Waals surface area contributed by atoms with Crippen LogP contribution in [-0.4, -0.2) is 28.9 Å². The molecule has 0 aliphatic heterocycles. The molecule has 1 amide bonds. The zero-order valence-electron chi connectivity index (χ0n) is 11.0. The predicted molar refractivity (Wildman–Crippen MR) is 69.1 cm³/mol. The van der Waals surface area contributed by atoms with Gasteiger partial charge < -0.3 is 10.0 Å². The lowest BCUT2D eigenvalue weighted by Crippen LogP contribution is -2.36. The number of carbonyl (C=O) groups is 2. The second-order valence-electron chi connectivity index (χ2n) is 4.42. The van der Waals surface area contributed by atoms with Crippen LogP contribution in [0, 0.1) is 12.8 Å². The molecule has 4 nitrogen and oxygen atoms in total. The lowest BCUT2D eigenvalue weighted by Gasteiger charge is -2.21. The summed E-state index contributed by atoms with van der Waals surface area (Å²) in [6.45, 7) is 4.12.